The topological polar surface area (TPSA) is 59.0 Å². The van der Waals surface area contributed by atoms with Crippen LogP contribution in [-0.4, -0.2) is 22.2 Å². The van der Waals surface area contributed by atoms with E-state index in [4.69, 9.17) is 0 Å². The van der Waals surface area contributed by atoms with E-state index in [0.717, 1.165) is 28.2 Å². The van der Waals surface area contributed by atoms with Gasteiger partial charge in [0.15, 0.2) is 0 Å². The van der Waals surface area contributed by atoms with E-state index < -0.39 is 0 Å². The number of anilines is 1. The highest BCUT2D eigenvalue weighted by molar-refractivity contribution is 5.93. The predicted molar refractivity (Wildman–Crippen MR) is 104 cm³/mol. The van der Waals surface area contributed by atoms with Crippen LogP contribution in [0.5, 0.6) is 0 Å². The molecule has 0 radical (unpaired) electrons. The molecule has 3 rings (SSSR count). The van der Waals surface area contributed by atoms with Crippen molar-refractivity contribution >= 4 is 11.6 Å². The van der Waals surface area contributed by atoms with Gasteiger partial charge >= 0.3 is 0 Å². The lowest BCUT2D eigenvalue weighted by molar-refractivity contribution is -0.115. The largest absolute Gasteiger partial charge is 0.322 e. The lowest BCUT2D eigenvalue weighted by Gasteiger charge is -2.19. The van der Waals surface area contributed by atoms with Crippen molar-refractivity contribution < 1.29 is 4.79 Å². The Morgan fingerprint density at radius 1 is 1.00 bits per heavy atom. The Hall–Kier alpha value is -2.92. The molecular formula is C21H24N4O. The maximum atomic E-state index is 12.5. The second-order valence-electron chi connectivity index (χ2n) is 6.35. The van der Waals surface area contributed by atoms with Crippen molar-refractivity contribution in [2.75, 3.05) is 11.9 Å². The summed E-state index contributed by atoms with van der Waals surface area (Å²) in [5.41, 5.74) is 4.80. The number of hydrogen-bond donors (Lipinski definition) is 2. The average molecular weight is 348 g/mol. The minimum Gasteiger partial charge on any atom is -0.322 e. The normalized spacial score (nSPS) is 10.9. The van der Waals surface area contributed by atoms with E-state index in [0.29, 0.717) is 0 Å². The highest BCUT2D eigenvalue weighted by Gasteiger charge is 2.16. The van der Waals surface area contributed by atoms with Crippen LogP contribution >= 0.6 is 0 Å². The smallest absolute Gasteiger partial charge is 0.238 e. The van der Waals surface area contributed by atoms with Crippen molar-refractivity contribution in [1.82, 2.24) is 15.1 Å². The van der Waals surface area contributed by atoms with Crippen molar-refractivity contribution in [1.29, 1.82) is 0 Å². The van der Waals surface area contributed by atoms with Gasteiger partial charge in [0, 0.05) is 7.05 Å². The second kappa shape index (κ2) is 7.97. The lowest BCUT2D eigenvalue weighted by Crippen LogP contribution is -2.32. The molecule has 5 heteroatoms. The van der Waals surface area contributed by atoms with E-state index in [1.807, 2.05) is 57.3 Å². The van der Waals surface area contributed by atoms with Gasteiger partial charge in [-0.2, -0.15) is 5.10 Å². The highest BCUT2D eigenvalue weighted by atomic mass is 16.1. The van der Waals surface area contributed by atoms with Gasteiger partial charge < -0.3 is 5.32 Å². The summed E-state index contributed by atoms with van der Waals surface area (Å²) < 4.78 is 1.77. The van der Waals surface area contributed by atoms with Crippen LogP contribution in [0.15, 0.2) is 60.7 Å². The fourth-order valence-electron chi connectivity index (χ4n) is 3.05. The van der Waals surface area contributed by atoms with Crippen LogP contribution in [0.3, 0.4) is 0 Å². The highest BCUT2D eigenvalue weighted by Crippen LogP contribution is 2.22. The molecule has 3 aromatic rings. The van der Waals surface area contributed by atoms with Crippen molar-refractivity contribution in [3.63, 3.8) is 0 Å². The maximum Gasteiger partial charge on any atom is 0.238 e. The molecule has 0 bridgehead atoms. The number of amides is 1. The van der Waals surface area contributed by atoms with Gasteiger partial charge in [0.2, 0.25) is 5.91 Å². The van der Waals surface area contributed by atoms with E-state index in [1.54, 1.807) is 4.68 Å². The minimum absolute atomic E-state index is 0.0424. The van der Waals surface area contributed by atoms with Gasteiger partial charge in [-0.05, 0) is 25.0 Å². The fourth-order valence-corrected chi connectivity index (χ4v) is 3.05. The first-order chi connectivity index (χ1) is 12.6. The molecule has 0 aliphatic rings. The molecule has 0 fully saturated rings. The number of hydrogen-bond acceptors (Lipinski definition) is 3. The van der Waals surface area contributed by atoms with Crippen molar-refractivity contribution in [2.24, 2.45) is 7.05 Å². The quantitative estimate of drug-likeness (QED) is 0.718. The summed E-state index contributed by atoms with van der Waals surface area (Å²) in [6.07, 6.45) is 0. The Balaban J connectivity index is 1.73. The monoisotopic (exact) mass is 348 g/mol. The first kappa shape index (κ1) is 17.9. The zero-order chi connectivity index (χ0) is 18.5. The van der Waals surface area contributed by atoms with Gasteiger partial charge in [-0.25, -0.2) is 0 Å². The molecule has 26 heavy (non-hydrogen) atoms. The summed E-state index contributed by atoms with van der Waals surface area (Å²) in [4.78, 5) is 12.5. The molecule has 0 saturated heterocycles. The third-order valence-corrected chi connectivity index (χ3v) is 4.51. The van der Waals surface area contributed by atoms with Crippen molar-refractivity contribution in [2.45, 2.75) is 19.9 Å². The van der Waals surface area contributed by atoms with Gasteiger partial charge in [0.05, 0.1) is 29.7 Å². The molecule has 2 aromatic carbocycles. The van der Waals surface area contributed by atoms with Crippen LogP contribution < -0.4 is 10.6 Å². The molecule has 0 aliphatic heterocycles. The summed E-state index contributed by atoms with van der Waals surface area (Å²) in [5.74, 6) is -0.0823. The molecular weight excluding hydrogens is 324 g/mol. The molecule has 0 atom stereocenters. The number of aromatic nitrogens is 2. The van der Waals surface area contributed by atoms with E-state index in [-0.39, 0.29) is 18.5 Å². The van der Waals surface area contributed by atoms with E-state index in [9.17, 15) is 4.79 Å². The van der Waals surface area contributed by atoms with E-state index >= 15 is 0 Å². The molecule has 134 valence electrons. The summed E-state index contributed by atoms with van der Waals surface area (Å²) in [6.45, 7) is 4.05. The minimum atomic E-state index is -0.0823. The molecule has 5 nitrogen and oxygen atoms in total. The van der Waals surface area contributed by atoms with E-state index in [2.05, 4.69) is 40.0 Å². The molecule has 1 heterocycles. The first-order valence-electron chi connectivity index (χ1n) is 8.69. The van der Waals surface area contributed by atoms with Crippen LogP contribution in [0.4, 0.5) is 5.69 Å². The number of benzene rings is 2. The van der Waals surface area contributed by atoms with Gasteiger partial charge in [0.1, 0.15) is 0 Å². The fraction of sp³-hybridized carbons (Fsp3) is 0.238. The number of carbonyl (C=O) groups excluding carboxylic acids is 1. The zero-order valence-electron chi connectivity index (χ0n) is 15.4. The Labute approximate surface area is 154 Å². The predicted octanol–water partition coefficient (Wildman–Crippen LogP) is 3.35. The molecule has 0 saturated carbocycles. The molecule has 0 spiro atoms. The standard InChI is InChI=1S/C21H24N4O/c1-15-20(16(2)25(3)24-15)23-19(26)14-22-21(17-10-6-4-7-11-17)18-12-8-5-9-13-18/h4-13,21-22H,14H2,1-3H3,(H,23,26). The summed E-state index contributed by atoms with van der Waals surface area (Å²) in [5, 5.41) is 10.7. The van der Waals surface area contributed by atoms with Crippen LogP contribution in [-0.2, 0) is 11.8 Å². The average Bonchev–Trinajstić information content (AvgIpc) is 2.90. The second-order valence-corrected chi connectivity index (χ2v) is 6.35. The van der Waals surface area contributed by atoms with Crippen molar-refractivity contribution in [3.8, 4) is 0 Å². The van der Waals surface area contributed by atoms with Crippen LogP contribution in [0.25, 0.3) is 0 Å². The Morgan fingerprint density at radius 3 is 2.00 bits per heavy atom. The molecule has 0 unspecified atom stereocenters. The van der Waals surface area contributed by atoms with E-state index in [1.165, 1.54) is 0 Å². The number of nitrogens with zero attached hydrogens (tertiary/aromatic N) is 2. The van der Waals surface area contributed by atoms with Gasteiger partial charge in [0.25, 0.3) is 0 Å². The summed E-state index contributed by atoms with van der Waals surface area (Å²) >= 11 is 0. The van der Waals surface area contributed by atoms with Crippen LogP contribution in [0, 0.1) is 13.8 Å². The van der Waals surface area contributed by atoms with Gasteiger partial charge in [-0.1, -0.05) is 60.7 Å². The summed E-state index contributed by atoms with van der Waals surface area (Å²) in [6, 6.07) is 20.2. The van der Waals surface area contributed by atoms with Gasteiger partial charge in [-0.15, -0.1) is 0 Å². The number of nitrogens with one attached hydrogen (secondary N) is 2. The molecule has 0 aliphatic carbocycles. The molecule has 1 amide bonds. The number of rotatable bonds is 6. The van der Waals surface area contributed by atoms with Crippen LogP contribution in [0.1, 0.15) is 28.6 Å². The number of aryl methyl sites for hydroxylation is 2. The summed E-state index contributed by atoms with van der Waals surface area (Å²) in [7, 11) is 1.87. The lowest BCUT2D eigenvalue weighted by atomic mass is 9.99. The first-order valence-corrected chi connectivity index (χ1v) is 8.69. The molecule has 2 N–H and O–H groups in total. The number of carbonyl (C=O) groups is 1. The zero-order valence-corrected chi connectivity index (χ0v) is 15.4. The van der Waals surface area contributed by atoms with Crippen LogP contribution in [0.2, 0.25) is 0 Å². The van der Waals surface area contributed by atoms with Gasteiger partial charge in [-0.3, -0.25) is 14.8 Å². The Bertz CT molecular complexity index is 832. The SMILES string of the molecule is Cc1nn(C)c(C)c1NC(=O)CNC(c1ccccc1)c1ccccc1. The third-order valence-electron chi connectivity index (χ3n) is 4.51. The Kier molecular flexibility index (Phi) is 5.49. The van der Waals surface area contributed by atoms with Crippen molar-refractivity contribution in [3.05, 3.63) is 83.2 Å². The Morgan fingerprint density at radius 2 is 1.54 bits per heavy atom. The maximum absolute atomic E-state index is 12.5. The third kappa shape index (κ3) is 4.00. The molecule has 1 aromatic heterocycles.